The van der Waals surface area contributed by atoms with E-state index in [1.165, 1.54) is 38.5 Å². The van der Waals surface area contributed by atoms with Crippen LogP contribution in [-0.4, -0.2) is 42.4 Å². The van der Waals surface area contributed by atoms with Crippen molar-refractivity contribution in [3.8, 4) is 0 Å². The second kappa shape index (κ2) is 6.66. The van der Waals surface area contributed by atoms with Crippen molar-refractivity contribution in [2.24, 2.45) is 0 Å². The Hall–Kier alpha value is -0.970. The van der Waals surface area contributed by atoms with Gasteiger partial charge in [-0.05, 0) is 44.8 Å². The summed E-state index contributed by atoms with van der Waals surface area (Å²) in [6, 6.07) is 2.20. The van der Waals surface area contributed by atoms with Gasteiger partial charge in [0.1, 0.15) is 11.6 Å². The third-order valence-corrected chi connectivity index (χ3v) is 4.77. The topological polar surface area (TPSA) is 32.3 Å². The second-order valence-corrected chi connectivity index (χ2v) is 6.44. The second-order valence-electron chi connectivity index (χ2n) is 5.67. The van der Waals surface area contributed by atoms with E-state index in [1.807, 2.05) is 0 Å². The maximum absolute atomic E-state index is 4.72. The molecule has 2 saturated heterocycles. The Bertz CT molecular complexity index is 403. The van der Waals surface area contributed by atoms with Gasteiger partial charge in [-0.1, -0.05) is 11.8 Å². The van der Waals surface area contributed by atoms with Crippen molar-refractivity contribution in [2.75, 3.05) is 42.2 Å². The highest BCUT2D eigenvalue weighted by Crippen LogP contribution is 2.26. The highest BCUT2D eigenvalue weighted by atomic mass is 32.2. The van der Waals surface area contributed by atoms with E-state index in [4.69, 9.17) is 9.97 Å². The van der Waals surface area contributed by atoms with Gasteiger partial charge in [0.05, 0.1) is 0 Å². The van der Waals surface area contributed by atoms with Crippen molar-refractivity contribution >= 4 is 23.4 Å². The largest absolute Gasteiger partial charge is 0.356 e. The van der Waals surface area contributed by atoms with Gasteiger partial charge in [-0.25, -0.2) is 9.97 Å². The molecule has 0 bridgehead atoms. The molecule has 0 unspecified atom stereocenters. The van der Waals surface area contributed by atoms with Crippen LogP contribution in [0.3, 0.4) is 0 Å². The fourth-order valence-corrected chi connectivity index (χ4v) is 3.43. The number of rotatable bonds is 3. The van der Waals surface area contributed by atoms with E-state index in [-0.39, 0.29) is 0 Å². The van der Waals surface area contributed by atoms with Crippen LogP contribution in [0.1, 0.15) is 38.5 Å². The summed E-state index contributed by atoms with van der Waals surface area (Å²) in [5.41, 5.74) is 0. The molecule has 3 heterocycles. The molecule has 0 spiro atoms. The average molecular weight is 292 g/mol. The van der Waals surface area contributed by atoms with Crippen molar-refractivity contribution < 1.29 is 0 Å². The number of hydrogen-bond acceptors (Lipinski definition) is 5. The van der Waals surface area contributed by atoms with Gasteiger partial charge < -0.3 is 9.80 Å². The molecule has 0 N–H and O–H groups in total. The third-order valence-electron chi connectivity index (χ3n) is 4.22. The Morgan fingerprint density at radius 2 is 1.25 bits per heavy atom. The highest BCUT2D eigenvalue weighted by molar-refractivity contribution is 7.98. The fourth-order valence-electron chi connectivity index (χ4n) is 3.06. The molecule has 110 valence electrons. The lowest BCUT2D eigenvalue weighted by molar-refractivity contribution is 0.563. The van der Waals surface area contributed by atoms with Crippen LogP contribution in [0, 0.1) is 0 Å². The average Bonchev–Trinajstić information content (AvgIpc) is 2.56. The maximum atomic E-state index is 4.72. The Kier molecular flexibility index (Phi) is 4.65. The SMILES string of the molecule is CSc1nc(N2CCCCC2)cc(N2CCCCC2)n1. The van der Waals surface area contributed by atoms with E-state index in [2.05, 4.69) is 22.1 Å². The van der Waals surface area contributed by atoms with Crippen LogP contribution < -0.4 is 9.80 Å². The number of piperidine rings is 2. The lowest BCUT2D eigenvalue weighted by Crippen LogP contribution is -2.33. The van der Waals surface area contributed by atoms with Gasteiger partial charge in [0.25, 0.3) is 0 Å². The van der Waals surface area contributed by atoms with Crippen LogP contribution in [0.5, 0.6) is 0 Å². The molecule has 3 rings (SSSR count). The number of anilines is 2. The van der Waals surface area contributed by atoms with Crippen LogP contribution in [0.2, 0.25) is 0 Å². The van der Waals surface area contributed by atoms with Gasteiger partial charge in [0.15, 0.2) is 5.16 Å². The molecule has 0 saturated carbocycles. The van der Waals surface area contributed by atoms with Crippen LogP contribution >= 0.6 is 11.8 Å². The summed E-state index contributed by atoms with van der Waals surface area (Å²) in [6.45, 7) is 4.57. The van der Waals surface area contributed by atoms with E-state index < -0.39 is 0 Å². The first-order valence-corrected chi connectivity index (χ1v) is 9.02. The predicted octanol–water partition coefficient (Wildman–Crippen LogP) is 3.18. The number of nitrogens with zero attached hydrogens (tertiary/aromatic N) is 4. The van der Waals surface area contributed by atoms with Crippen LogP contribution in [0.15, 0.2) is 11.2 Å². The van der Waals surface area contributed by atoms with Gasteiger partial charge in [-0.3, -0.25) is 0 Å². The zero-order chi connectivity index (χ0) is 13.8. The number of aromatic nitrogens is 2. The van der Waals surface area contributed by atoms with Crippen molar-refractivity contribution in [3.05, 3.63) is 6.07 Å². The molecule has 1 aromatic heterocycles. The third kappa shape index (κ3) is 3.19. The van der Waals surface area contributed by atoms with E-state index >= 15 is 0 Å². The van der Waals surface area contributed by atoms with Crippen LogP contribution in [-0.2, 0) is 0 Å². The van der Waals surface area contributed by atoms with Gasteiger partial charge in [0.2, 0.25) is 0 Å². The fraction of sp³-hybridized carbons (Fsp3) is 0.733. The van der Waals surface area contributed by atoms with Gasteiger partial charge in [0, 0.05) is 32.2 Å². The van der Waals surface area contributed by atoms with Crippen molar-refractivity contribution in [1.82, 2.24) is 9.97 Å². The molecule has 20 heavy (non-hydrogen) atoms. The summed E-state index contributed by atoms with van der Waals surface area (Å²) in [6.07, 6.45) is 9.94. The number of hydrogen-bond donors (Lipinski definition) is 0. The van der Waals surface area contributed by atoms with Crippen LogP contribution in [0.25, 0.3) is 0 Å². The lowest BCUT2D eigenvalue weighted by Gasteiger charge is -2.31. The van der Waals surface area contributed by atoms with Crippen molar-refractivity contribution in [2.45, 2.75) is 43.7 Å². The molecule has 2 aliphatic heterocycles. The minimum atomic E-state index is 0.911. The Balaban J connectivity index is 1.85. The standard InChI is InChI=1S/C15H24N4S/c1-20-15-16-13(18-8-4-2-5-9-18)12-14(17-15)19-10-6-3-7-11-19/h12H,2-11H2,1H3. The van der Waals surface area contributed by atoms with Gasteiger partial charge in [-0.2, -0.15) is 0 Å². The number of thioether (sulfide) groups is 1. The molecule has 2 fully saturated rings. The minimum Gasteiger partial charge on any atom is -0.356 e. The maximum Gasteiger partial charge on any atom is 0.191 e. The normalized spacial score (nSPS) is 20.2. The zero-order valence-corrected chi connectivity index (χ0v) is 13.2. The summed E-state index contributed by atoms with van der Waals surface area (Å²) in [5.74, 6) is 2.26. The summed E-state index contributed by atoms with van der Waals surface area (Å²) in [4.78, 5) is 14.3. The monoisotopic (exact) mass is 292 g/mol. The zero-order valence-electron chi connectivity index (χ0n) is 12.3. The van der Waals surface area contributed by atoms with Gasteiger partial charge in [-0.15, -0.1) is 0 Å². The van der Waals surface area contributed by atoms with E-state index in [0.29, 0.717) is 0 Å². The first-order valence-electron chi connectivity index (χ1n) is 7.80. The van der Waals surface area contributed by atoms with E-state index in [9.17, 15) is 0 Å². The first-order chi connectivity index (χ1) is 9.86. The first kappa shape index (κ1) is 14.0. The molecule has 1 aromatic rings. The van der Waals surface area contributed by atoms with Crippen molar-refractivity contribution in [1.29, 1.82) is 0 Å². The lowest BCUT2D eigenvalue weighted by atomic mass is 10.1. The quantitative estimate of drug-likeness (QED) is 0.631. The molecule has 0 atom stereocenters. The highest BCUT2D eigenvalue weighted by Gasteiger charge is 2.18. The molecule has 4 nitrogen and oxygen atoms in total. The molecule has 0 radical (unpaired) electrons. The molecule has 0 aromatic carbocycles. The summed E-state index contributed by atoms with van der Waals surface area (Å²) in [5, 5.41) is 0.911. The minimum absolute atomic E-state index is 0.911. The van der Waals surface area contributed by atoms with E-state index in [1.54, 1.807) is 11.8 Å². The molecule has 0 aliphatic carbocycles. The molecule has 5 heteroatoms. The van der Waals surface area contributed by atoms with Gasteiger partial charge >= 0.3 is 0 Å². The smallest absolute Gasteiger partial charge is 0.191 e. The molecular weight excluding hydrogens is 268 g/mol. The van der Waals surface area contributed by atoms with Crippen LogP contribution in [0.4, 0.5) is 11.6 Å². The molecule has 0 amide bonds. The Morgan fingerprint density at radius 1 is 0.800 bits per heavy atom. The Labute approximate surface area is 126 Å². The summed E-state index contributed by atoms with van der Waals surface area (Å²) in [7, 11) is 0. The Morgan fingerprint density at radius 3 is 1.65 bits per heavy atom. The summed E-state index contributed by atoms with van der Waals surface area (Å²) >= 11 is 1.65. The van der Waals surface area contributed by atoms with E-state index in [0.717, 1.165) is 43.0 Å². The molecular formula is C15H24N4S. The van der Waals surface area contributed by atoms with Crippen molar-refractivity contribution in [3.63, 3.8) is 0 Å². The molecule has 2 aliphatic rings. The predicted molar refractivity (Wildman–Crippen MR) is 85.9 cm³/mol. The summed E-state index contributed by atoms with van der Waals surface area (Å²) < 4.78 is 0.